The zero-order chi connectivity index (χ0) is 29.6. The molecule has 3 aliphatic heterocycles. The third-order valence-electron chi connectivity index (χ3n) is 10.5. The summed E-state index contributed by atoms with van der Waals surface area (Å²) < 4.78 is 26.1. The van der Waals surface area contributed by atoms with Gasteiger partial charge in [0.2, 0.25) is 9.84 Å². The first-order chi connectivity index (χ1) is 20.8. The molecule has 0 saturated carbocycles. The minimum absolute atomic E-state index is 0.176. The molecule has 6 nitrogen and oxygen atoms in total. The van der Waals surface area contributed by atoms with Crippen molar-refractivity contribution in [1.82, 2.24) is 14.8 Å². The van der Waals surface area contributed by atoms with E-state index in [1.807, 2.05) is 19.1 Å². The molecule has 1 atom stereocenters. The molecule has 7 heteroatoms. The van der Waals surface area contributed by atoms with Gasteiger partial charge in [0.1, 0.15) is 0 Å². The lowest BCUT2D eigenvalue weighted by Gasteiger charge is -2.52. The molecule has 2 saturated heterocycles. The first-order valence-corrected chi connectivity index (χ1v) is 17.5. The maximum Gasteiger partial charge on any atom is 0.206 e. The number of hydrogen-bond acceptors (Lipinski definition) is 6. The zero-order valence-electron chi connectivity index (χ0n) is 25.6. The van der Waals surface area contributed by atoms with Crippen molar-refractivity contribution in [2.24, 2.45) is 11.8 Å². The predicted octanol–water partition coefficient (Wildman–Crippen LogP) is 5.86. The van der Waals surface area contributed by atoms with Crippen molar-refractivity contribution in [2.45, 2.75) is 60.8 Å². The van der Waals surface area contributed by atoms with Crippen molar-refractivity contribution >= 4 is 15.5 Å². The number of sulfone groups is 1. The molecule has 1 aliphatic carbocycles. The maximum atomic E-state index is 13.1. The topological polar surface area (TPSA) is 56.8 Å². The molecule has 7 rings (SSSR count). The molecule has 1 aromatic heterocycles. The number of rotatable bonds is 7. The number of aromatic nitrogens is 1. The average Bonchev–Trinajstić information content (AvgIpc) is 3.54. The summed E-state index contributed by atoms with van der Waals surface area (Å²) in [5.74, 6) is 1.36. The fraction of sp³-hybridized carbons (Fsp3) is 0.472. The molecular formula is C36H44N4O2S. The molecule has 0 N–H and O–H groups in total. The second-order valence-corrected chi connectivity index (χ2v) is 15.3. The summed E-state index contributed by atoms with van der Waals surface area (Å²) in [5.41, 5.74) is 6.84. The van der Waals surface area contributed by atoms with Gasteiger partial charge in [-0.05, 0) is 113 Å². The van der Waals surface area contributed by atoms with Gasteiger partial charge in [-0.15, -0.1) is 0 Å². The molecule has 3 aromatic rings. The van der Waals surface area contributed by atoms with Gasteiger partial charge in [-0.3, -0.25) is 4.98 Å². The molecule has 43 heavy (non-hydrogen) atoms. The highest BCUT2D eigenvalue weighted by Gasteiger charge is 2.48. The van der Waals surface area contributed by atoms with E-state index in [2.05, 4.69) is 57.1 Å². The van der Waals surface area contributed by atoms with Gasteiger partial charge in [-0.1, -0.05) is 35.9 Å². The highest BCUT2D eigenvalue weighted by Crippen LogP contribution is 2.51. The van der Waals surface area contributed by atoms with Gasteiger partial charge in [0, 0.05) is 61.6 Å². The van der Waals surface area contributed by atoms with Gasteiger partial charge in [-0.25, -0.2) is 8.42 Å². The molecule has 0 radical (unpaired) electrons. The number of nitrogens with zero attached hydrogens (tertiary/aromatic N) is 4. The van der Waals surface area contributed by atoms with Crippen LogP contribution in [0.5, 0.6) is 0 Å². The van der Waals surface area contributed by atoms with Crippen LogP contribution in [0, 0.1) is 18.8 Å². The Hall–Kier alpha value is -3.00. The molecule has 2 aromatic carbocycles. The number of piperidine rings is 1. The quantitative estimate of drug-likeness (QED) is 0.318. The zero-order valence-corrected chi connectivity index (χ0v) is 26.4. The number of anilines is 1. The van der Waals surface area contributed by atoms with Crippen LogP contribution in [0.15, 0.2) is 88.3 Å². The average molecular weight is 597 g/mol. The van der Waals surface area contributed by atoms with E-state index in [0.717, 1.165) is 38.4 Å². The molecular weight excluding hydrogens is 552 g/mol. The fourth-order valence-electron chi connectivity index (χ4n) is 8.44. The van der Waals surface area contributed by atoms with E-state index in [4.69, 9.17) is 0 Å². The van der Waals surface area contributed by atoms with Crippen LogP contribution in [0.3, 0.4) is 0 Å². The van der Waals surface area contributed by atoms with Crippen LogP contribution < -0.4 is 4.90 Å². The summed E-state index contributed by atoms with van der Waals surface area (Å²) in [6.45, 7) is 9.61. The van der Waals surface area contributed by atoms with Crippen LogP contribution in [-0.4, -0.2) is 69.5 Å². The maximum absolute atomic E-state index is 13.1. The predicted molar refractivity (Wildman–Crippen MR) is 172 cm³/mol. The van der Waals surface area contributed by atoms with Crippen LogP contribution >= 0.6 is 0 Å². The Labute approximate surface area is 257 Å². The molecule has 4 heterocycles. The summed E-state index contributed by atoms with van der Waals surface area (Å²) in [6.07, 6.45) is 10.5. The van der Waals surface area contributed by atoms with Gasteiger partial charge >= 0.3 is 0 Å². The van der Waals surface area contributed by atoms with E-state index < -0.39 is 9.84 Å². The molecule has 0 amide bonds. The summed E-state index contributed by atoms with van der Waals surface area (Å²) in [4.78, 5) is 12.4. The molecule has 226 valence electrons. The highest BCUT2D eigenvalue weighted by molar-refractivity contribution is 7.91. The van der Waals surface area contributed by atoms with Crippen LogP contribution in [0.4, 0.5) is 5.69 Å². The molecule has 0 bridgehead atoms. The number of allylic oxidation sites excluding steroid dienone is 1. The van der Waals surface area contributed by atoms with E-state index in [0.29, 0.717) is 27.3 Å². The first kappa shape index (κ1) is 28.8. The molecule has 4 aliphatic rings. The third-order valence-corrected chi connectivity index (χ3v) is 12.3. The Morgan fingerprint density at radius 3 is 2.47 bits per heavy atom. The lowest BCUT2D eigenvalue weighted by molar-refractivity contribution is 0.0928. The number of likely N-dealkylation sites (tertiary alicyclic amines) is 1. The minimum Gasteiger partial charge on any atom is -0.371 e. The number of fused-ring (bicyclic) bond motifs is 1. The number of aryl methyl sites for hydroxylation is 1. The van der Waals surface area contributed by atoms with Crippen LogP contribution in [0.2, 0.25) is 0 Å². The summed E-state index contributed by atoms with van der Waals surface area (Å²) >= 11 is 0. The second kappa shape index (κ2) is 11.5. The van der Waals surface area contributed by atoms with Gasteiger partial charge in [-0.2, -0.15) is 0 Å². The van der Waals surface area contributed by atoms with Gasteiger partial charge in [0.25, 0.3) is 0 Å². The standard InChI is InChI=1S/C36H44N4O2S/c1-27-21-34(15-18-37-27)43(41,42)33-13-11-32(12-14-33)40-23-28(24-40)22-39-19-16-31(17-20-39)36(30-8-4-5-9-30)26-38(2)25-29-7-3-6-10-35(29)36/h3,6-8,10-15,18,21,28,31H,4-5,9,16-17,19-20,22-26H2,1-2H3. The van der Waals surface area contributed by atoms with E-state index in [1.165, 1.54) is 50.8 Å². The Bertz CT molecular complexity index is 1600. The summed E-state index contributed by atoms with van der Waals surface area (Å²) in [6, 6.07) is 19.9. The van der Waals surface area contributed by atoms with Crippen LogP contribution in [0.1, 0.15) is 48.9 Å². The Balaban J connectivity index is 0.967. The normalized spacial score (nSPS) is 24.0. The molecule has 1 unspecified atom stereocenters. The monoisotopic (exact) mass is 596 g/mol. The highest BCUT2D eigenvalue weighted by atomic mass is 32.2. The SMILES string of the molecule is Cc1cc(S(=O)(=O)c2ccc(N3CC(CN4CCC(C5(C6=CCCC6)CN(C)Cc6ccccc65)CC4)C3)cc2)ccn1. The Morgan fingerprint density at radius 1 is 0.977 bits per heavy atom. The van der Waals surface area contributed by atoms with Crippen molar-refractivity contribution in [3.63, 3.8) is 0 Å². The third kappa shape index (κ3) is 5.34. The number of hydrogen-bond donors (Lipinski definition) is 0. The minimum atomic E-state index is -3.54. The number of pyridine rings is 1. The molecule has 0 spiro atoms. The first-order valence-electron chi connectivity index (χ1n) is 16.0. The summed E-state index contributed by atoms with van der Waals surface area (Å²) in [7, 11) is -1.22. The van der Waals surface area contributed by atoms with E-state index in [-0.39, 0.29) is 5.41 Å². The lowest BCUT2D eigenvalue weighted by atomic mass is 9.59. The second-order valence-electron chi connectivity index (χ2n) is 13.4. The lowest BCUT2D eigenvalue weighted by Crippen LogP contribution is -2.55. The van der Waals surface area contributed by atoms with E-state index in [1.54, 1.807) is 41.6 Å². The Kier molecular flexibility index (Phi) is 7.68. The smallest absolute Gasteiger partial charge is 0.206 e. The van der Waals surface area contributed by atoms with Gasteiger partial charge in [0.15, 0.2) is 0 Å². The van der Waals surface area contributed by atoms with Crippen LogP contribution in [-0.2, 0) is 21.8 Å². The Morgan fingerprint density at radius 2 is 1.74 bits per heavy atom. The van der Waals surface area contributed by atoms with Crippen molar-refractivity contribution in [3.8, 4) is 0 Å². The number of likely N-dealkylation sites (N-methyl/N-ethyl adjacent to an activating group) is 1. The van der Waals surface area contributed by atoms with Gasteiger partial charge in [0.05, 0.1) is 9.79 Å². The van der Waals surface area contributed by atoms with Gasteiger partial charge < -0.3 is 14.7 Å². The van der Waals surface area contributed by atoms with Crippen molar-refractivity contribution < 1.29 is 8.42 Å². The van der Waals surface area contributed by atoms with Crippen molar-refractivity contribution in [2.75, 3.05) is 51.2 Å². The van der Waals surface area contributed by atoms with Crippen LogP contribution in [0.25, 0.3) is 0 Å². The largest absolute Gasteiger partial charge is 0.371 e. The van der Waals surface area contributed by atoms with E-state index >= 15 is 0 Å². The molecule has 2 fully saturated rings. The fourth-order valence-corrected chi connectivity index (χ4v) is 9.77. The van der Waals surface area contributed by atoms with Crippen molar-refractivity contribution in [3.05, 3.63) is 95.3 Å². The summed E-state index contributed by atoms with van der Waals surface area (Å²) in [5, 5.41) is 0. The van der Waals surface area contributed by atoms with Crippen molar-refractivity contribution in [1.29, 1.82) is 0 Å². The van der Waals surface area contributed by atoms with E-state index in [9.17, 15) is 8.42 Å². The number of benzene rings is 2.